The molecule has 1 amide bonds. The maximum atomic E-state index is 12.6. The predicted molar refractivity (Wildman–Crippen MR) is 155 cm³/mol. The molecule has 0 aromatic carbocycles. The van der Waals surface area contributed by atoms with Crippen molar-refractivity contribution in [2.24, 2.45) is 34.5 Å². The molecular formula is C33H56N2O3. The molecule has 1 unspecified atom stereocenters. The molecule has 1 N–H and O–H groups in total. The largest absolute Gasteiger partial charge is 0.446 e. The Hall–Kier alpha value is -1.36. The Balaban J connectivity index is 1.26. The molecule has 0 aromatic rings. The second kappa shape index (κ2) is 12.9. The van der Waals surface area contributed by atoms with Crippen LogP contribution in [0.4, 0.5) is 4.79 Å². The van der Waals surface area contributed by atoms with Gasteiger partial charge in [-0.25, -0.2) is 4.79 Å². The highest BCUT2D eigenvalue weighted by atomic mass is 16.6. The van der Waals surface area contributed by atoms with Crippen LogP contribution in [0.25, 0.3) is 0 Å². The zero-order valence-corrected chi connectivity index (χ0v) is 25.2. The number of ether oxygens (including phenoxy) is 1. The average Bonchev–Trinajstić information content (AvgIpc) is 3.25. The lowest BCUT2D eigenvalue weighted by Gasteiger charge is -2.58. The van der Waals surface area contributed by atoms with Crippen molar-refractivity contribution in [2.75, 3.05) is 26.2 Å². The lowest BCUT2D eigenvalue weighted by molar-refractivity contribution is -0.127. The summed E-state index contributed by atoms with van der Waals surface area (Å²) in [5, 5.41) is 3.03. The lowest BCUT2D eigenvalue weighted by atomic mass is 9.47. The molecule has 5 heteroatoms. The van der Waals surface area contributed by atoms with Crippen molar-refractivity contribution in [3.05, 3.63) is 11.6 Å². The SMILES string of the molecule is CCCCN(CCCC)CCCNC(=O)OC1CC[C@@]2(C)C(=CC[C@H]3[C@@H]4CC[C@H](C(C)=O)[C@@]4(C)CC[C@@H]32)C1. The number of allylic oxidation sites excluding steroid dienone is 1. The number of amides is 1. The fourth-order valence-electron chi connectivity index (χ4n) is 9.18. The van der Waals surface area contributed by atoms with Gasteiger partial charge in [0.1, 0.15) is 11.9 Å². The van der Waals surface area contributed by atoms with E-state index >= 15 is 0 Å². The first-order valence-electron chi connectivity index (χ1n) is 16.1. The Morgan fingerprint density at radius 3 is 2.37 bits per heavy atom. The minimum atomic E-state index is -0.240. The van der Waals surface area contributed by atoms with Crippen molar-refractivity contribution in [2.45, 2.75) is 124 Å². The van der Waals surface area contributed by atoms with Crippen LogP contribution in [0.1, 0.15) is 118 Å². The Bertz CT molecular complexity index is 847. The molecule has 3 saturated carbocycles. The van der Waals surface area contributed by atoms with Gasteiger partial charge in [-0.1, -0.05) is 52.2 Å². The van der Waals surface area contributed by atoms with Crippen LogP contribution in [-0.4, -0.2) is 49.1 Å². The molecule has 4 rings (SSSR count). The molecule has 0 aromatic heterocycles. The summed E-state index contributed by atoms with van der Waals surface area (Å²) in [6.07, 6.45) is 17.1. The summed E-state index contributed by atoms with van der Waals surface area (Å²) in [6, 6.07) is 0. The number of unbranched alkanes of at least 4 members (excludes halogenated alkanes) is 2. The monoisotopic (exact) mass is 528 g/mol. The van der Waals surface area contributed by atoms with Gasteiger partial charge in [0.05, 0.1) is 0 Å². The smallest absolute Gasteiger partial charge is 0.407 e. The van der Waals surface area contributed by atoms with E-state index in [1.54, 1.807) is 0 Å². The average molecular weight is 529 g/mol. The van der Waals surface area contributed by atoms with Crippen molar-refractivity contribution < 1.29 is 14.3 Å². The number of fused-ring (bicyclic) bond motifs is 5. The molecule has 0 saturated heterocycles. The number of nitrogens with zero attached hydrogens (tertiary/aromatic N) is 1. The number of carbonyl (C=O) groups excluding carboxylic acids is 2. The van der Waals surface area contributed by atoms with Crippen molar-refractivity contribution in [3.63, 3.8) is 0 Å². The van der Waals surface area contributed by atoms with Crippen molar-refractivity contribution in [1.82, 2.24) is 10.2 Å². The molecule has 0 heterocycles. The first-order valence-corrected chi connectivity index (χ1v) is 16.1. The van der Waals surface area contributed by atoms with E-state index in [4.69, 9.17) is 4.74 Å². The fourth-order valence-corrected chi connectivity index (χ4v) is 9.18. The summed E-state index contributed by atoms with van der Waals surface area (Å²) >= 11 is 0. The summed E-state index contributed by atoms with van der Waals surface area (Å²) < 4.78 is 5.94. The topological polar surface area (TPSA) is 58.6 Å². The number of hydrogen-bond donors (Lipinski definition) is 1. The second-order valence-corrected chi connectivity index (χ2v) is 13.6. The lowest BCUT2D eigenvalue weighted by Crippen LogP contribution is -2.51. The maximum Gasteiger partial charge on any atom is 0.407 e. The summed E-state index contributed by atoms with van der Waals surface area (Å²) in [4.78, 5) is 27.6. The third-order valence-electron chi connectivity index (χ3n) is 11.4. The molecule has 0 aliphatic heterocycles. The van der Waals surface area contributed by atoms with Crippen LogP contribution in [0, 0.1) is 34.5 Å². The van der Waals surface area contributed by atoms with Gasteiger partial charge in [-0.3, -0.25) is 4.79 Å². The Morgan fingerprint density at radius 2 is 1.68 bits per heavy atom. The van der Waals surface area contributed by atoms with Gasteiger partial charge in [0.25, 0.3) is 0 Å². The van der Waals surface area contributed by atoms with Gasteiger partial charge < -0.3 is 15.0 Å². The molecule has 4 aliphatic carbocycles. The van der Waals surface area contributed by atoms with E-state index in [9.17, 15) is 9.59 Å². The van der Waals surface area contributed by atoms with Crippen LogP contribution in [0.2, 0.25) is 0 Å². The van der Waals surface area contributed by atoms with Gasteiger partial charge in [-0.15, -0.1) is 0 Å². The second-order valence-electron chi connectivity index (χ2n) is 13.6. The molecule has 3 fully saturated rings. The van der Waals surface area contributed by atoms with Crippen molar-refractivity contribution >= 4 is 11.9 Å². The number of ketones is 1. The Labute approximate surface area is 232 Å². The van der Waals surface area contributed by atoms with Crippen LogP contribution in [0.3, 0.4) is 0 Å². The number of rotatable bonds is 12. The minimum Gasteiger partial charge on any atom is -0.446 e. The van der Waals surface area contributed by atoms with Crippen LogP contribution in [0.5, 0.6) is 0 Å². The Kier molecular flexibility index (Phi) is 10.0. The zero-order valence-electron chi connectivity index (χ0n) is 25.2. The van der Waals surface area contributed by atoms with Gasteiger partial charge in [0.2, 0.25) is 0 Å². The fraction of sp³-hybridized carbons (Fsp3) is 0.879. The van der Waals surface area contributed by atoms with Crippen LogP contribution in [0.15, 0.2) is 11.6 Å². The molecule has 0 spiro atoms. The minimum absolute atomic E-state index is 0.00101. The third-order valence-corrected chi connectivity index (χ3v) is 11.4. The molecule has 38 heavy (non-hydrogen) atoms. The number of Topliss-reactive ketones (excluding diaryl/α,β-unsaturated/α-hetero) is 1. The van der Waals surface area contributed by atoms with E-state index < -0.39 is 0 Å². The molecule has 4 aliphatic rings. The van der Waals surface area contributed by atoms with Gasteiger partial charge in [-0.05, 0) is 119 Å². The first-order chi connectivity index (χ1) is 18.2. The van der Waals surface area contributed by atoms with Crippen LogP contribution in [-0.2, 0) is 9.53 Å². The van der Waals surface area contributed by atoms with Gasteiger partial charge in [0.15, 0.2) is 0 Å². The van der Waals surface area contributed by atoms with Crippen LogP contribution < -0.4 is 5.32 Å². The molecule has 7 atom stereocenters. The highest BCUT2D eigenvalue weighted by Gasteiger charge is 2.59. The normalized spacial score (nSPS) is 36.2. The predicted octanol–water partition coefficient (Wildman–Crippen LogP) is 7.54. The highest BCUT2D eigenvalue weighted by molar-refractivity contribution is 5.79. The number of nitrogens with one attached hydrogen (secondary N) is 1. The number of alkyl carbamates (subject to hydrolysis) is 1. The van der Waals surface area contributed by atoms with Crippen molar-refractivity contribution in [1.29, 1.82) is 0 Å². The summed E-state index contributed by atoms with van der Waals surface area (Å²) in [7, 11) is 0. The summed E-state index contributed by atoms with van der Waals surface area (Å²) in [5.41, 5.74) is 1.97. The summed E-state index contributed by atoms with van der Waals surface area (Å²) in [5.74, 6) is 2.79. The van der Waals surface area contributed by atoms with E-state index in [0.29, 0.717) is 30.1 Å². The maximum absolute atomic E-state index is 12.6. The van der Waals surface area contributed by atoms with Gasteiger partial charge >= 0.3 is 6.09 Å². The molecule has 216 valence electrons. The quantitative estimate of drug-likeness (QED) is 0.210. The summed E-state index contributed by atoms with van der Waals surface area (Å²) in [6.45, 7) is 15.3. The third kappa shape index (κ3) is 6.18. The highest BCUT2D eigenvalue weighted by Crippen LogP contribution is 2.66. The molecule has 0 radical (unpaired) electrons. The van der Waals surface area contributed by atoms with E-state index in [-0.39, 0.29) is 28.9 Å². The molecule has 5 nitrogen and oxygen atoms in total. The van der Waals surface area contributed by atoms with Gasteiger partial charge in [0, 0.05) is 18.9 Å². The Morgan fingerprint density at radius 1 is 0.974 bits per heavy atom. The number of carbonyl (C=O) groups is 2. The molecule has 0 bridgehead atoms. The molecular weight excluding hydrogens is 472 g/mol. The van der Waals surface area contributed by atoms with E-state index in [2.05, 4.69) is 44.0 Å². The van der Waals surface area contributed by atoms with E-state index in [1.165, 1.54) is 50.5 Å². The van der Waals surface area contributed by atoms with E-state index in [0.717, 1.165) is 58.2 Å². The number of hydrogen-bond acceptors (Lipinski definition) is 4. The first kappa shape index (κ1) is 29.6. The van der Waals surface area contributed by atoms with Gasteiger partial charge in [-0.2, -0.15) is 0 Å². The zero-order chi connectivity index (χ0) is 27.3. The van der Waals surface area contributed by atoms with E-state index in [1.807, 2.05) is 6.92 Å². The van der Waals surface area contributed by atoms with Crippen molar-refractivity contribution in [3.8, 4) is 0 Å². The van der Waals surface area contributed by atoms with Crippen LogP contribution >= 0.6 is 0 Å². The standard InChI is InChI=1S/C33H56N2O3/c1-6-8-20-35(21-9-7-2)22-10-19-34-31(37)38-26-15-17-32(4)25(23-26)11-12-27-29-14-13-28(24(3)36)33(29,5)18-16-30(27)32/h11,26-30H,6-10,12-23H2,1-5H3,(H,34,37)/t26?,27-,28+,29-,30-,32-,33+/m0/s1.